The molecule has 0 aliphatic heterocycles. The molecule has 0 saturated carbocycles. The molecule has 0 bridgehead atoms. The number of aromatic nitrogens is 4. The molecule has 0 aromatic carbocycles. The maximum atomic E-state index is 11.0. The molecule has 8 nitrogen and oxygen atoms in total. The summed E-state index contributed by atoms with van der Waals surface area (Å²) in [6, 6.07) is 1.73. The summed E-state index contributed by atoms with van der Waals surface area (Å²) in [6.45, 7) is 0. The number of nitrogens with one attached hydrogen (secondary N) is 3. The summed E-state index contributed by atoms with van der Waals surface area (Å²) in [6.07, 6.45) is 2.58. The predicted octanol–water partition coefficient (Wildman–Crippen LogP) is -0.290. The van der Waals surface area contributed by atoms with Gasteiger partial charge in [-0.3, -0.25) is 15.6 Å². The molecule has 2 heterocycles. The number of nitrogens with zero attached hydrogens (tertiary/aromatic N) is 4. The number of anilines is 1. The fraction of sp³-hybridized carbons (Fsp3) is 0.125. The summed E-state index contributed by atoms with van der Waals surface area (Å²) >= 11 is 0. The van der Waals surface area contributed by atoms with Gasteiger partial charge in [-0.25, -0.2) is 15.0 Å². The van der Waals surface area contributed by atoms with Crippen LogP contribution in [-0.4, -0.2) is 25.8 Å². The van der Waals surface area contributed by atoms with Crippen LogP contribution >= 0.6 is 0 Å². The molecule has 8 heteroatoms. The zero-order valence-electron chi connectivity index (χ0n) is 8.06. The minimum Gasteiger partial charge on any atom is -0.340 e. The number of rotatable bonds is 3. The van der Waals surface area contributed by atoms with Crippen molar-refractivity contribution < 1.29 is 4.79 Å². The van der Waals surface area contributed by atoms with E-state index in [2.05, 4.69) is 30.8 Å². The third kappa shape index (κ3) is 1.88. The Morgan fingerprint density at radius 3 is 3.19 bits per heavy atom. The Kier molecular flexibility index (Phi) is 2.60. The van der Waals surface area contributed by atoms with Gasteiger partial charge >= 0.3 is 0 Å². The topological polar surface area (TPSA) is 119 Å². The lowest BCUT2D eigenvalue weighted by molar-refractivity contribution is -0.119. The van der Waals surface area contributed by atoms with Gasteiger partial charge in [0.1, 0.15) is 18.3 Å². The maximum Gasteiger partial charge on any atom is 0.252 e. The van der Waals surface area contributed by atoms with Crippen LogP contribution in [0.25, 0.3) is 11.2 Å². The van der Waals surface area contributed by atoms with Crippen LogP contribution < -0.4 is 10.9 Å². The number of hydrogen-bond acceptors (Lipinski definition) is 6. The molecule has 16 heavy (non-hydrogen) atoms. The van der Waals surface area contributed by atoms with E-state index in [1.807, 2.05) is 0 Å². The second-order valence-electron chi connectivity index (χ2n) is 2.83. The molecular weight excluding hydrogens is 210 g/mol. The van der Waals surface area contributed by atoms with Gasteiger partial charge in [0.15, 0.2) is 11.5 Å². The molecule has 0 spiro atoms. The molecule has 0 aliphatic carbocycles. The van der Waals surface area contributed by atoms with Crippen molar-refractivity contribution in [2.75, 3.05) is 5.43 Å². The number of carbonyl (C=O) groups excluding carboxylic acids is 1. The molecule has 2 aromatic heterocycles. The van der Waals surface area contributed by atoms with Gasteiger partial charge in [-0.15, -0.1) is 0 Å². The van der Waals surface area contributed by atoms with E-state index in [0.29, 0.717) is 17.0 Å². The molecule has 0 saturated heterocycles. The maximum absolute atomic E-state index is 11.0. The van der Waals surface area contributed by atoms with Gasteiger partial charge in [0.05, 0.1) is 12.4 Å². The first-order valence-electron chi connectivity index (χ1n) is 4.37. The van der Waals surface area contributed by atoms with Crippen LogP contribution in [0.4, 0.5) is 5.82 Å². The summed E-state index contributed by atoms with van der Waals surface area (Å²) in [7, 11) is 0. The highest BCUT2D eigenvalue weighted by Gasteiger charge is 2.06. The van der Waals surface area contributed by atoms with Crippen LogP contribution in [0.15, 0.2) is 12.7 Å². The summed E-state index contributed by atoms with van der Waals surface area (Å²) in [5, 5.41) is 8.29. The molecule has 0 fully saturated rings. The van der Waals surface area contributed by atoms with E-state index in [0.717, 1.165) is 0 Å². The number of hydrogen-bond donors (Lipinski definition) is 3. The highest BCUT2D eigenvalue weighted by atomic mass is 16.2. The van der Waals surface area contributed by atoms with E-state index in [4.69, 9.17) is 5.26 Å². The minimum atomic E-state index is -0.436. The molecule has 0 atom stereocenters. The van der Waals surface area contributed by atoms with Crippen molar-refractivity contribution in [2.24, 2.45) is 0 Å². The van der Waals surface area contributed by atoms with Gasteiger partial charge in [0.25, 0.3) is 5.91 Å². The Morgan fingerprint density at radius 2 is 2.38 bits per heavy atom. The van der Waals surface area contributed by atoms with Gasteiger partial charge < -0.3 is 4.98 Å². The Hall–Kier alpha value is -2.69. The zero-order valence-corrected chi connectivity index (χ0v) is 8.06. The number of fused-ring (bicyclic) bond motifs is 1. The van der Waals surface area contributed by atoms with E-state index >= 15 is 0 Å². The molecule has 2 rings (SSSR count). The number of aromatic amines is 1. The van der Waals surface area contributed by atoms with Crippen LogP contribution in [0.5, 0.6) is 0 Å². The number of carbonyl (C=O) groups is 1. The number of amides is 1. The number of imidazole rings is 1. The van der Waals surface area contributed by atoms with Crippen molar-refractivity contribution in [3.63, 3.8) is 0 Å². The molecule has 2 aromatic rings. The summed E-state index contributed by atoms with van der Waals surface area (Å²) in [5.74, 6) is -0.0393. The lowest BCUT2D eigenvalue weighted by atomic mass is 10.4. The molecule has 0 radical (unpaired) electrons. The van der Waals surface area contributed by atoms with Gasteiger partial charge in [-0.1, -0.05) is 0 Å². The SMILES string of the molecule is N#CCC(=O)NNc1ncnc2nc[nH]c12. The lowest BCUT2D eigenvalue weighted by Crippen LogP contribution is -2.29. The van der Waals surface area contributed by atoms with Crippen LogP contribution in [0, 0.1) is 11.3 Å². The number of hydrazine groups is 1. The first-order chi connectivity index (χ1) is 7.81. The molecule has 3 N–H and O–H groups in total. The van der Waals surface area contributed by atoms with E-state index < -0.39 is 5.91 Å². The monoisotopic (exact) mass is 217 g/mol. The standard InChI is InChI=1S/C8H7N7O/c9-2-1-5(16)14-15-8-6-7(11-3-10-6)12-4-13-8/h3-4H,1H2,(H,14,16)(H2,10,11,12,13,15). The third-order valence-electron chi connectivity index (χ3n) is 1.78. The molecule has 80 valence electrons. The van der Waals surface area contributed by atoms with Crippen molar-refractivity contribution in [1.29, 1.82) is 5.26 Å². The van der Waals surface area contributed by atoms with Gasteiger partial charge in [-0.05, 0) is 0 Å². The van der Waals surface area contributed by atoms with Crippen LogP contribution in [0.1, 0.15) is 6.42 Å². The first kappa shape index (κ1) is 9.85. The van der Waals surface area contributed by atoms with Gasteiger partial charge in [0.2, 0.25) is 0 Å². The lowest BCUT2D eigenvalue weighted by Gasteiger charge is -2.05. The summed E-state index contributed by atoms with van der Waals surface area (Å²) < 4.78 is 0. The second-order valence-corrected chi connectivity index (χ2v) is 2.83. The van der Waals surface area contributed by atoms with Crippen molar-refractivity contribution in [3.05, 3.63) is 12.7 Å². The largest absolute Gasteiger partial charge is 0.340 e. The normalized spacial score (nSPS) is 9.69. The van der Waals surface area contributed by atoms with Gasteiger partial charge in [0, 0.05) is 0 Å². The predicted molar refractivity (Wildman–Crippen MR) is 53.7 cm³/mol. The van der Waals surface area contributed by atoms with Crippen molar-refractivity contribution in [3.8, 4) is 6.07 Å². The Bertz CT molecular complexity index is 555. The second kappa shape index (κ2) is 4.22. The number of nitriles is 1. The highest BCUT2D eigenvalue weighted by molar-refractivity contribution is 5.84. The fourth-order valence-electron chi connectivity index (χ4n) is 1.10. The van der Waals surface area contributed by atoms with E-state index in [-0.39, 0.29) is 6.42 Å². The first-order valence-corrected chi connectivity index (χ1v) is 4.37. The fourth-order valence-corrected chi connectivity index (χ4v) is 1.10. The minimum absolute atomic E-state index is 0.218. The van der Waals surface area contributed by atoms with E-state index in [1.54, 1.807) is 6.07 Å². The van der Waals surface area contributed by atoms with Crippen molar-refractivity contribution in [2.45, 2.75) is 6.42 Å². The Labute approximate surface area is 89.7 Å². The quantitative estimate of drug-likeness (QED) is 0.607. The average molecular weight is 217 g/mol. The molecular formula is C8H7N7O. The zero-order chi connectivity index (χ0) is 11.4. The molecule has 1 amide bonds. The smallest absolute Gasteiger partial charge is 0.252 e. The van der Waals surface area contributed by atoms with E-state index in [1.165, 1.54) is 12.7 Å². The van der Waals surface area contributed by atoms with Gasteiger partial charge in [-0.2, -0.15) is 5.26 Å². The third-order valence-corrected chi connectivity index (χ3v) is 1.78. The summed E-state index contributed by atoms with van der Waals surface area (Å²) in [4.78, 5) is 25.6. The van der Waals surface area contributed by atoms with Crippen LogP contribution in [0.3, 0.4) is 0 Å². The van der Waals surface area contributed by atoms with E-state index in [9.17, 15) is 4.79 Å². The molecule has 0 unspecified atom stereocenters. The average Bonchev–Trinajstić information content (AvgIpc) is 2.75. The van der Waals surface area contributed by atoms with Crippen molar-refractivity contribution in [1.82, 2.24) is 25.4 Å². The summed E-state index contributed by atoms with van der Waals surface area (Å²) in [5.41, 5.74) is 5.99. The van der Waals surface area contributed by atoms with Crippen molar-refractivity contribution >= 4 is 22.9 Å². The number of H-pyrrole nitrogens is 1. The van der Waals surface area contributed by atoms with Crippen LogP contribution in [-0.2, 0) is 4.79 Å². The Morgan fingerprint density at radius 1 is 1.50 bits per heavy atom. The Balaban J connectivity index is 2.13. The van der Waals surface area contributed by atoms with Crippen LogP contribution in [0.2, 0.25) is 0 Å². The molecule has 0 aliphatic rings. The highest BCUT2D eigenvalue weighted by Crippen LogP contribution is 2.12.